The van der Waals surface area contributed by atoms with Crippen molar-refractivity contribution in [2.75, 3.05) is 6.54 Å². The first-order chi connectivity index (χ1) is 5.13. The van der Waals surface area contributed by atoms with Gasteiger partial charge in [-0.3, -0.25) is 9.80 Å². The SMILES string of the molecule is CC(C)=C1CCCN(N)C1=O. The first-order valence-corrected chi connectivity index (χ1v) is 3.86. The molecule has 3 heteroatoms. The van der Waals surface area contributed by atoms with Gasteiger partial charge in [0.15, 0.2) is 0 Å². The normalized spacial score (nSPS) is 19.0. The molecule has 2 N–H and O–H groups in total. The Morgan fingerprint density at radius 2 is 2.18 bits per heavy atom. The molecule has 0 aromatic carbocycles. The van der Waals surface area contributed by atoms with Crippen LogP contribution in [0.2, 0.25) is 0 Å². The van der Waals surface area contributed by atoms with Crippen molar-refractivity contribution in [3.63, 3.8) is 0 Å². The van der Waals surface area contributed by atoms with Crippen LogP contribution >= 0.6 is 0 Å². The summed E-state index contributed by atoms with van der Waals surface area (Å²) in [4.78, 5) is 11.3. The van der Waals surface area contributed by atoms with Crippen LogP contribution in [-0.4, -0.2) is 17.5 Å². The van der Waals surface area contributed by atoms with E-state index in [4.69, 9.17) is 5.84 Å². The fourth-order valence-corrected chi connectivity index (χ4v) is 1.27. The van der Waals surface area contributed by atoms with Crippen LogP contribution in [-0.2, 0) is 4.79 Å². The Morgan fingerprint density at radius 1 is 1.55 bits per heavy atom. The molecule has 1 saturated heterocycles. The molecule has 0 spiro atoms. The van der Waals surface area contributed by atoms with Crippen LogP contribution in [0, 0.1) is 0 Å². The average Bonchev–Trinajstić information content (AvgIpc) is 1.94. The highest BCUT2D eigenvalue weighted by Crippen LogP contribution is 2.17. The van der Waals surface area contributed by atoms with Gasteiger partial charge in [-0.2, -0.15) is 0 Å². The summed E-state index contributed by atoms with van der Waals surface area (Å²) in [6.45, 7) is 4.59. The molecule has 0 aliphatic carbocycles. The molecule has 0 atom stereocenters. The lowest BCUT2D eigenvalue weighted by atomic mass is 10.0. The Morgan fingerprint density at radius 3 is 2.64 bits per heavy atom. The second-order valence-electron chi connectivity index (χ2n) is 3.08. The second-order valence-corrected chi connectivity index (χ2v) is 3.08. The summed E-state index contributed by atoms with van der Waals surface area (Å²) in [5, 5.41) is 1.30. The van der Waals surface area contributed by atoms with Gasteiger partial charge in [0.25, 0.3) is 5.91 Å². The zero-order valence-electron chi connectivity index (χ0n) is 7.05. The lowest BCUT2D eigenvalue weighted by Crippen LogP contribution is -2.42. The third-order valence-electron chi connectivity index (χ3n) is 1.95. The molecule has 0 saturated carbocycles. The summed E-state index contributed by atoms with van der Waals surface area (Å²) in [5.74, 6) is 5.45. The number of hydrogen-bond donors (Lipinski definition) is 1. The first kappa shape index (κ1) is 8.27. The number of nitrogens with zero attached hydrogens (tertiary/aromatic N) is 1. The Kier molecular flexibility index (Phi) is 2.29. The number of carbonyl (C=O) groups excluding carboxylic acids is 1. The van der Waals surface area contributed by atoms with E-state index in [9.17, 15) is 4.79 Å². The van der Waals surface area contributed by atoms with Gasteiger partial charge in [-0.15, -0.1) is 0 Å². The maximum Gasteiger partial charge on any atom is 0.263 e. The first-order valence-electron chi connectivity index (χ1n) is 3.86. The van der Waals surface area contributed by atoms with Crippen molar-refractivity contribution in [2.45, 2.75) is 26.7 Å². The van der Waals surface area contributed by atoms with Crippen LogP contribution in [0.3, 0.4) is 0 Å². The monoisotopic (exact) mass is 154 g/mol. The van der Waals surface area contributed by atoms with E-state index >= 15 is 0 Å². The van der Waals surface area contributed by atoms with Crippen molar-refractivity contribution in [1.82, 2.24) is 5.01 Å². The van der Waals surface area contributed by atoms with Gasteiger partial charge in [0.1, 0.15) is 0 Å². The summed E-state index contributed by atoms with van der Waals surface area (Å²) in [7, 11) is 0. The van der Waals surface area contributed by atoms with Gasteiger partial charge in [0, 0.05) is 12.1 Å². The lowest BCUT2D eigenvalue weighted by molar-refractivity contribution is -0.129. The van der Waals surface area contributed by atoms with Crippen LogP contribution in [0.1, 0.15) is 26.7 Å². The number of rotatable bonds is 0. The van der Waals surface area contributed by atoms with Crippen molar-refractivity contribution in [1.29, 1.82) is 0 Å². The molecule has 1 aliphatic heterocycles. The van der Waals surface area contributed by atoms with Crippen LogP contribution in [0.5, 0.6) is 0 Å². The predicted molar refractivity (Wildman–Crippen MR) is 43.5 cm³/mol. The number of amides is 1. The minimum Gasteiger partial charge on any atom is -0.277 e. The van der Waals surface area contributed by atoms with E-state index in [0.717, 1.165) is 24.0 Å². The highest BCUT2D eigenvalue weighted by Gasteiger charge is 2.20. The third kappa shape index (κ3) is 1.60. The molecule has 0 unspecified atom stereocenters. The zero-order chi connectivity index (χ0) is 8.43. The maximum absolute atomic E-state index is 11.3. The Labute approximate surface area is 66.8 Å². The molecule has 1 fully saturated rings. The van der Waals surface area contributed by atoms with Crippen LogP contribution < -0.4 is 5.84 Å². The molecule has 0 bridgehead atoms. The molecule has 62 valence electrons. The minimum atomic E-state index is -0.00347. The summed E-state index contributed by atoms with van der Waals surface area (Å²) in [6, 6.07) is 0. The van der Waals surface area contributed by atoms with E-state index in [-0.39, 0.29) is 5.91 Å². The molecule has 0 aromatic rings. The fourth-order valence-electron chi connectivity index (χ4n) is 1.27. The van der Waals surface area contributed by atoms with E-state index in [2.05, 4.69) is 0 Å². The molecule has 1 heterocycles. The fraction of sp³-hybridized carbons (Fsp3) is 0.625. The van der Waals surface area contributed by atoms with E-state index in [1.54, 1.807) is 0 Å². The Bertz CT molecular complexity index is 204. The van der Waals surface area contributed by atoms with Crippen LogP contribution in [0.4, 0.5) is 0 Å². The number of hydrazine groups is 1. The predicted octanol–water partition coefficient (Wildman–Crippen LogP) is 0.819. The number of hydrogen-bond acceptors (Lipinski definition) is 2. The molecule has 1 aliphatic rings. The standard InChI is InChI=1S/C8H14N2O/c1-6(2)7-4-3-5-10(9)8(7)11/h3-5,9H2,1-2H3. The van der Waals surface area contributed by atoms with Crippen molar-refractivity contribution in [2.24, 2.45) is 5.84 Å². The van der Waals surface area contributed by atoms with Crippen LogP contribution in [0.25, 0.3) is 0 Å². The van der Waals surface area contributed by atoms with E-state index < -0.39 is 0 Å². The molecule has 3 nitrogen and oxygen atoms in total. The van der Waals surface area contributed by atoms with Crippen LogP contribution in [0.15, 0.2) is 11.1 Å². The summed E-state index contributed by atoms with van der Waals surface area (Å²) >= 11 is 0. The van der Waals surface area contributed by atoms with Crippen molar-refractivity contribution < 1.29 is 4.79 Å². The summed E-state index contributed by atoms with van der Waals surface area (Å²) < 4.78 is 0. The van der Waals surface area contributed by atoms with Gasteiger partial charge < -0.3 is 0 Å². The quantitative estimate of drug-likeness (QED) is 0.319. The average molecular weight is 154 g/mol. The molecule has 11 heavy (non-hydrogen) atoms. The highest BCUT2D eigenvalue weighted by molar-refractivity contribution is 5.94. The topological polar surface area (TPSA) is 46.3 Å². The van der Waals surface area contributed by atoms with Gasteiger partial charge in [-0.1, -0.05) is 5.57 Å². The molecule has 0 radical (unpaired) electrons. The van der Waals surface area contributed by atoms with Crippen molar-refractivity contribution in [3.05, 3.63) is 11.1 Å². The van der Waals surface area contributed by atoms with Crippen molar-refractivity contribution >= 4 is 5.91 Å². The van der Waals surface area contributed by atoms with Gasteiger partial charge in [0.2, 0.25) is 0 Å². The molecule has 0 aromatic heterocycles. The second kappa shape index (κ2) is 3.05. The van der Waals surface area contributed by atoms with E-state index in [1.165, 1.54) is 5.01 Å². The maximum atomic E-state index is 11.3. The minimum absolute atomic E-state index is 0.00347. The number of allylic oxidation sites excluding steroid dienone is 1. The van der Waals surface area contributed by atoms with E-state index in [1.807, 2.05) is 13.8 Å². The van der Waals surface area contributed by atoms with Gasteiger partial charge in [-0.25, -0.2) is 5.84 Å². The Hall–Kier alpha value is -0.830. The van der Waals surface area contributed by atoms with E-state index in [0.29, 0.717) is 6.54 Å². The molecular formula is C8H14N2O. The lowest BCUT2D eigenvalue weighted by Gasteiger charge is -2.24. The molecule has 1 amide bonds. The van der Waals surface area contributed by atoms with Gasteiger partial charge in [0.05, 0.1) is 0 Å². The van der Waals surface area contributed by atoms with Gasteiger partial charge in [-0.05, 0) is 26.7 Å². The number of piperidine rings is 1. The summed E-state index contributed by atoms with van der Waals surface area (Å²) in [5.41, 5.74) is 1.98. The number of nitrogens with two attached hydrogens (primary N) is 1. The van der Waals surface area contributed by atoms with Crippen molar-refractivity contribution in [3.8, 4) is 0 Å². The summed E-state index contributed by atoms with van der Waals surface area (Å²) in [6.07, 6.45) is 1.87. The van der Waals surface area contributed by atoms with Gasteiger partial charge >= 0.3 is 0 Å². The molecule has 1 rings (SSSR count). The largest absolute Gasteiger partial charge is 0.277 e. The highest BCUT2D eigenvalue weighted by atomic mass is 16.2. The molecular weight excluding hydrogens is 140 g/mol. The number of carbonyl (C=O) groups is 1. The zero-order valence-corrected chi connectivity index (χ0v) is 7.05. The third-order valence-corrected chi connectivity index (χ3v) is 1.95. The smallest absolute Gasteiger partial charge is 0.263 e. The Balaban J connectivity index is 2.83.